The van der Waals surface area contributed by atoms with Crippen LogP contribution in [0.2, 0.25) is 0 Å². The monoisotopic (exact) mass is 402 g/mol. The van der Waals surface area contributed by atoms with Gasteiger partial charge in [0.15, 0.2) is 0 Å². The van der Waals surface area contributed by atoms with Crippen molar-refractivity contribution in [1.82, 2.24) is 14.8 Å². The minimum atomic E-state index is -0.281. The first-order valence-electron chi connectivity index (χ1n) is 9.15. The van der Waals surface area contributed by atoms with Gasteiger partial charge >= 0.3 is 0 Å². The molecule has 0 unspecified atom stereocenters. The van der Waals surface area contributed by atoms with Crippen LogP contribution in [0.25, 0.3) is 22.4 Å². The van der Waals surface area contributed by atoms with Crippen molar-refractivity contribution in [2.45, 2.75) is 6.92 Å². The number of aromatic nitrogens is 3. The molecule has 2 aromatic heterocycles. The second kappa shape index (κ2) is 7.93. The third-order valence-corrected chi connectivity index (χ3v) is 4.83. The number of benzene rings is 2. The van der Waals surface area contributed by atoms with Crippen molar-refractivity contribution in [2.75, 3.05) is 4.90 Å². The van der Waals surface area contributed by atoms with Crippen LogP contribution >= 0.6 is 12.2 Å². The molecule has 4 nitrogen and oxygen atoms in total. The van der Waals surface area contributed by atoms with Crippen LogP contribution in [-0.4, -0.2) is 19.8 Å². The van der Waals surface area contributed by atoms with Crippen molar-refractivity contribution in [3.63, 3.8) is 0 Å². The Balaban J connectivity index is 2.01. The molecular formula is C23H19FN4S. The van der Waals surface area contributed by atoms with E-state index in [0.717, 1.165) is 33.9 Å². The Hall–Kier alpha value is -3.38. The number of aryl methyl sites for hydroxylation is 1. The second-order valence-corrected chi connectivity index (χ2v) is 7.19. The van der Waals surface area contributed by atoms with Crippen molar-refractivity contribution in [2.24, 2.45) is 7.05 Å². The lowest BCUT2D eigenvalue weighted by Crippen LogP contribution is -2.24. The van der Waals surface area contributed by atoms with Crippen LogP contribution in [0.15, 0.2) is 79.1 Å². The average molecular weight is 402 g/mol. The predicted molar refractivity (Wildman–Crippen MR) is 119 cm³/mol. The Labute approximate surface area is 174 Å². The number of pyridine rings is 1. The molecule has 0 saturated carbocycles. The van der Waals surface area contributed by atoms with E-state index in [1.807, 2.05) is 66.0 Å². The molecular weight excluding hydrogens is 383 g/mol. The zero-order valence-electron chi connectivity index (χ0n) is 16.1. The summed E-state index contributed by atoms with van der Waals surface area (Å²) in [5.41, 5.74) is 4.40. The number of para-hydroxylation sites is 1. The van der Waals surface area contributed by atoms with Gasteiger partial charge in [-0.25, -0.2) is 4.39 Å². The van der Waals surface area contributed by atoms with Crippen molar-refractivity contribution in [3.05, 3.63) is 84.9 Å². The van der Waals surface area contributed by atoms with Crippen LogP contribution < -0.4 is 4.90 Å². The highest BCUT2D eigenvalue weighted by atomic mass is 32.1. The molecule has 0 fully saturated rings. The maximum atomic E-state index is 13.5. The summed E-state index contributed by atoms with van der Waals surface area (Å²) in [6, 6.07) is 20.2. The number of nitrogens with zero attached hydrogens (tertiary/aromatic N) is 4. The minimum absolute atomic E-state index is 0.281. The van der Waals surface area contributed by atoms with Gasteiger partial charge in [-0.1, -0.05) is 30.4 Å². The fraction of sp³-hybridized carbons (Fsp3) is 0.0870. The Morgan fingerprint density at radius 3 is 2.21 bits per heavy atom. The van der Waals surface area contributed by atoms with Crippen LogP contribution in [0.3, 0.4) is 0 Å². The zero-order chi connectivity index (χ0) is 20.4. The Kier molecular flexibility index (Phi) is 5.18. The third-order valence-electron chi connectivity index (χ3n) is 4.64. The highest BCUT2D eigenvalue weighted by Gasteiger charge is 2.25. The quantitative estimate of drug-likeness (QED) is 0.406. The van der Waals surface area contributed by atoms with E-state index in [-0.39, 0.29) is 5.82 Å². The van der Waals surface area contributed by atoms with Gasteiger partial charge in [0, 0.05) is 30.7 Å². The van der Waals surface area contributed by atoms with E-state index in [2.05, 4.69) is 4.98 Å². The van der Waals surface area contributed by atoms with E-state index in [9.17, 15) is 4.39 Å². The molecule has 29 heavy (non-hydrogen) atoms. The van der Waals surface area contributed by atoms with Gasteiger partial charge in [0.1, 0.15) is 17.3 Å². The first kappa shape index (κ1) is 19.0. The number of rotatable bonds is 4. The van der Waals surface area contributed by atoms with Crippen LogP contribution in [0.4, 0.5) is 15.9 Å². The first-order chi connectivity index (χ1) is 14.1. The Bertz CT molecular complexity index is 1140. The molecule has 0 spiro atoms. The van der Waals surface area contributed by atoms with Crippen LogP contribution in [0.5, 0.6) is 0 Å². The molecule has 0 amide bonds. The second-order valence-electron chi connectivity index (χ2n) is 6.60. The highest BCUT2D eigenvalue weighted by molar-refractivity contribution is 7.80. The minimum Gasteiger partial charge on any atom is -0.289 e. The van der Waals surface area contributed by atoms with Crippen molar-refractivity contribution < 1.29 is 4.39 Å². The molecule has 6 heteroatoms. The van der Waals surface area contributed by atoms with Crippen molar-refractivity contribution in [3.8, 4) is 22.4 Å². The standard InChI is InChI=1S/C23H19FN4S/c1-16(29)28(20-6-4-3-5-7-20)23-21(17-12-14-25-15-13-17)22(26-27(23)2)18-8-10-19(24)11-9-18/h3-15H,1-2H3. The fourth-order valence-electron chi connectivity index (χ4n) is 3.40. The number of thiocarbonyl (C=S) groups is 1. The lowest BCUT2D eigenvalue weighted by Gasteiger charge is -2.25. The largest absolute Gasteiger partial charge is 0.289 e. The molecule has 0 aliphatic carbocycles. The van der Waals surface area contributed by atoms with Crippen LogP contribution in [0.1, 0.15) is 6.92 Å². The number of hydrogen-bond donors (Lipinski definition) is 0. The molecule has 0 saturated heterocycles. The first-order valence-corrected chi connectivity index (χ1v) is 9.56. The van der Waals surface area contributed by atoms with Gasteiger partial charge < -0.3 is 0 Å². The average Bonchev–Trinajstić information content (AvgIpc) is 3.07. The van der Waals surface area contributed by atoms with Gasteiger partial charge in [-0.3, -0.25) is 14.6 Å². The lowest BCUT2D eigenvalue weighted by molar-refractivity contribution is 0.628. The van der Waals surface area contributed by atoms with Crippen LogP contribution in [0, 0.1) is 5.82 Å². The molecule has 0 atom stereocenters. The van der Waals surface area contributed by atoms with E-state index in [4.69, 9.17) is 17.3 Å². The van der Waals surface area contributed by atoms with Gasteiger partial charge in [-0.2, -0.15) is 5.10 Å². The number of anilines is 2. The highest BCUT2D eigenvalue weighted by Crippen LogP contribution is 2.41. The van der Waals surface area contributed by atoms with Gasteiger partial charge in [-0.15, -0.1) is 0 Å². The number of hydrogen-bond acceptors (Lipinski definition) is 3. The van der Waals surface area contributed by atoms with E-state index >= 15 is 0 Å². The summed E-state index contributed by atoms with van der Waals surface area (Å²) in [4.78, 5) is 6.84. The predicted octanol–water partition coefficient (Wildman–Crippen LogP) is 5.77. The van der Waals surface area contributed by atoms with E-state index < -0.39 is 0 Å². The molecule has 0 radical (unpaired) electrons. The molecule has 4 aromatic rings. The van der Waals surface area contributed by atoms with E-state index in [1.54, 1.807) is 24.5 Å². The summed E-state index contributed by atoms with van der Waals surface area (Å²) in [6.45, 7) is 1.89. The molecule has 144 valence electrons. The van der Waals surface area contributed by atoms with Gasteiger partial charge in [-0.05, 0) is 61.0 Å². The van der Waals surface area contributed by atoms with Gasteiger partial charge in [0.05, 0.1) is 10.6 Å². The normalized spacial score (nSPS) is 10.7. The lowest BCUT2D eigenvalue weighted by atomic mass is 10.0. The molecule has 2 aromatic carbocycles. The molecule has 2 heterocycles. The van der Waals surface area contributed by atoms with Crippen molar-refractivity contribution >= 4 is 28.7 Å². The van der Waals surface area contributed by atoms with Crippen molar-refractivity contribution in [1.29, 1.82) is 0 Å². The molecule has 0 bridgehead atoms. The summed E-state index contributed by atoms with van der Waals surface area (Å²) >= 11 is 5.62. The fourth-order valence-corrected chi connectivity index (χ4v) is 3.59. The van der Waals surface area contributed by atoms with Gasteiger partial charge in [0.2, 0.25) is 0 Å². The molecule has 4 rings (SSSR count). The molecule has 0 aliphatic heterocycles. The molecule has 0 N–H and O–H groups in total. The topological polar surface area (TPSA) is 34.0 Å². The Morgan fingerprint density at radius 1 is 0.931 bits per heavy atom. The summed E-state index contributed by atoms with van der Waals surface area (Å²) < 4.78 is 15.3. The van der Waals surface area contributed by atoms with Gasteiger partial charge in [0.25, 0.3) is 0 Å². The maximum Gasteiger partial charge on any atom is 0.144 e. The summed E-state index contributed by atoms with van der Waals surface area (Å²) in [5.74, 6) is 0.560. The number of halogens is 1. The maximum absolute atomic E-state index is 13.5. The summed E-state index contributed by atoms with van der Waals surface area (Å²) in [7, 11) is 1.89. The zero-order valence-corrected chi connectivity index (χ0v) is 16.9. The summed E-state index contributed by atoms with van der Waals surface area (Å²) in [6.07, 6.45) is 3.50. The SMILES string of the molecule is CC(=S)N(c1ccccc1)c1c(-c2ccncc2)c(-c2ccc(F)cc2)nn1C. The smallest absolute Gasteiger partial charge is 0.144 e. The molecule has 0 aliphatic rings. The Morgan fingerprint density at radius 2 is 1.59 bits per heavy atom. The van der Waals surface area contributed by atoms with E-state index in [1.165, 1.54) is 12.1 Å². The third kappa shape index (κ3) is 3.67. The van der Waals surface area contributed by atoms with Crippen LogP contribution in [-0.2, 0) is 7.05 Å². The van der Waals surface area contributed by atoms with E-state index in [0.29, 0.717) is 4.99 Å². The summed E-state index contributed by atoms with van der Waals surface area (Å²) in [5, 5.41) is 4.79.